The van der Waals surface area contributed by atoms with Gasteiger partial charge in [-0.25, -0.2) is 0 Å². The highest BCUT2D eigenvalue weighted by Gasteiger charge is 2.34. The summed E-state index contributed by atoms with van der Waals surface area (Å²) in [6.07, 6.45) is 4.13. The molecule has 0 bridgehead atoms. The van der Waals surface area contributed by atoms with Crippen LogP contribution in [0.15, 0.2) is 18.2 Å². The molecule has 0 spiro atoms. The number of aliphatic hydroxyl groups is 1. The molecule has 1 heterocycles. The van der Waals surface area contributed by atoms with Gasteiger partial charge in [-0.3, -0.25) is 0 Å². The molecule has 2 aliphatic rings. The molecule has 1 aliphatic carbocycles. The van der Waals surface area contributed by atoms with Crippen LogP contribution < -0.4 is 4.74 Å². The Morgan fingerprint density at radius 1 is 1.29 bits per heavy atom. The fourth-order valence-electron chi connectivity index (χ4n) is 3.29. The first-order valence-electron chi connectivity index (χ1n) is 6.70. The van der Waals surface area contributed by atoms with Crippen LogP contribution in [-0.4, -0.2) is 17.8 Å². The van der Waals surface area contributed by atoms with E-state index < -0.39 is 0 Å². The van der Waals surface area contributed by atoms with Crippen molar-refractivity contribution in [3.05, 3.63) is 29.3 Å². The van der Waals surface area contributed by atoms with E-state index in [1.165, 1.54) is 11.1 Å². The van der Waals surface area contributed by atoms with Crippen molar-refractivity contribution in [2.24, 2.45) is 5.92 Å². The summed E-state index contributed by atoms with van der Waals surface area (Å²) in [5, 5.41) is 9.89. The summed E-state index contributed by atoms with van der Waals surface area (Å²) in [6, 6.07) is 6.50. The van der Waals surface area contributed by atoms with Crippen LogP contribution in [0.1, 0.15) is 43.2 Å². The summed E-state index contributed by atoms with van der Waals surface area (Å²) in [5.74, 6) is 1.94. The van der Waals surface area contributed by atoms with E-state index in [1.807, 2.05) is 0 Å². The zero-order chi connectivity index (χ0) is 11.8. The van der Waals surface area contributed by atoms with Crippen molar-refractivity contribution < 1.29 is 9.84 Å². The van der Waals surface area contributed by atoms with Crippen molar-refractivity contribution in [3.63, 3.8) is 0 Å². The summed E-state index contributed by atoms with van der Waals surface area (Å²) >= 11 is 0. The molecule has 2 nitrogen and oxygen atoms in total. The predicted octanol–water partition coefficient (Wildman–Crippen LogP) is 2.89. The van der Waals surface area contributed by atoms with E-state index in [0.29, 0.717) is 11.8 Å². The van der Waals surface area contributed by atoms with E-state index in [4.69, 9.17) is 4.74 Å². The van der Waals surface area contributed by atoms with Gasteiger partial charge in [-0.2, -0.15) is 0 Å². The van der Waals surface area contributed by atoms with Crippen molar-refractivity contribution in [1.82, 2.24) is 0 Å². The molecular weight excluding hydrogens is 212 g/mol. The van der Waals surface area contributed by atoms with Crippen molar-refractivity contribution in [2.45, 2.75) is 44.6 Å². The van der Waals surface area contributed by atoms with E-state index in [-0.39, 0.29) is 6.10 Å². The number of rotatable bonds is 1. The number of benzene rings is 1. The normalized spacial score (nSPS) is 32.0. The number of ether oxygens (including phenoxy) is 1. The highest BCUT2D eigenvalue weighted by Crippen LogP contribution is 2.44. The lowest BCUT2D eigenvalue weighted by atomic mass is 9.87. The van der Waals surface area contributed by atoms with Crippen LogP contribution >= 0.6 is 0 Å². The summed E-state index contributed by atoms with van der Waals surface area (Å²) < 4.78 is 5.87. The minimum absolute atomic E-state index is 0.139. The molecule has 3 rings (SSSR count). The molecule has 0 aromatic heterocycles. The standard InChI is InChI=1S/C15H20O2/c1-10-12(7-8-14(10)16)13-6-2-4-11-5-3-9-17-15(11)13/h2,4,6,10,12,14,16H,3,5,7-9H2,1H3. The molecule has 92 valence electrons. The first-order valence-corrected chi connectivity index (χ1v) is 6.70. The van der Waals surface area contributed by atoms with E-state index in [0.717, 1.165) is 38.0 Å². The molecule has 1 N–H and O–H groups in total. The van der Waals surface area contributed by atoms with Crippen LogP contribution in [0.5, 0.6) is 5.75 Å². The van der Waals surface area contributed by atoms with E-state index >= 15 is 0 Å². The number of aliphatic hydroxyl groups excluding tert-OH is 1. The van der Waals surface area contributed by atoms with Gasteiger partial charge in [-0.1, -0.05) is 25.1 Å². The van der Waals surface area contributed by atoms with Crippen LogP contribution in [0, 0.1) is 5.92 Å². The second-order valence-electron chi connectivity index (χ2n) is 5.40. The fraction of sp³-hybridized carbons (Fsp3) is 0.600. The number of hydrogen-bond donors (Lipinski definition) is 1. The Balaban J connectivity index is 1.98. The zero-order valence-corrected chi connectivity index (χ0v) is 10.4. The van der Waals surface area contributed by atoms with Gasteiger partial charge in [-0.05, 0) is 48.6 Å². The topological polar surface area (TPSA) is 29.5 Å². The molecule has 0 saturated heterocycles. The van der Waals surface area contributed by atoms with Gasteiger partial charge in [0, 0.05) is 0 Å². The van der Waals surface area contributed by atoms with Gasteiger partial charge in [-0.15, -0.1) is 0 Å². The van der Waals surface area contributed by atoms with Crippen molar-refractivity contribution in [2.75, 3.05) is 6.61 Å². The molecule has 1 saturated carbocycles. The minimum Gasteiger partial charge on any atom is -0.493 e. The van der Waals surface area contributed by atoms with Gasteiger partial charge in [0.15, 0.2) is 0 Å². The SMILES string of the molecule is CC1C(O)CCC1c1cccc2c1OCCC2. The number of fused-ring (bicyclic) bond motifs is 1. The Morgan fingerprint density at radius 2 is 2.18 bits per heavy atom. The monoisotopic (exact) mass is 232 g/mol. The second kappa shape index (κ2) is 4.34. The zero-order valence-electron chi connectivity index (χ0n) is 10.4. The van der Waals surface area contributed by atoms with Crippen LogP contribution in [0.3, 0.4) is 0 Å². The van der Waals surface area contributed by atoms with E-state index in [1.54, 1.807) is 0 Å². The first kappa shape index (κ1) is 11.1. The van der Waals surface area contributed by atoms with Gasteiger partial charge >= 0.3 is 0 Å². The van der Waals surface area contributed by atoms with Gasteiger partial charge in [0.25, 0.3) is 0 Å². The Morgan fingerprint density at radius 3 is 2.94 bits per heavy atom. The lowest BCUT2D eigenvalue weighted by Gasteiger charge is -2.25. The number of hydrogen-bond acceptors (Lipinski definition) is 2. The van der Waals surface area contributed by atoms with Gasteiger partial charge < -0.3 is 9.84 Å². The smallest absolute Gasteiger partial charge is 0.125 e. The second-order valence-corrected chi connectivity index (χ2v) is 5.40. The van der Waals surface area contributed by atoms with Gasteiger partial charge in [0.1, 0.15) is 5.75 Å². The molecule has 0 amide bonds. The van der Waals surface area contributed by atoms with Crippen molar-refractivity contribution >= 4 is 0 Å². The largest absolute Gasteiger partial charge is 0.493 e. The van der Waals surface area contributed by atoms with Crippen molar-refractivity contribution in [1.29, 1.82) is 0 Å². The molecule has 17 heavy (non-hydrogen) atoms. The summed E-state index contributed by atoms with van der Waals surface area (Å²) in [6.45, 7) is 3.00. The van der Waals surface area contributed by atoms with Crippen LogP contribution in [-0.2, 0) is 6.42 Å². The molecule has 1 aliphatic heterocycles. The maximum Gasteiger partial charge on any atom is 0.125 e. The maximum atomic E-state index is 9.89. The third-order valence-electron chi connectivity index (χ3n) is 4.38. The van der Waals surface area contributed by atoms with E-state index in [2.05, 4.69) is 25.1 Å². The van der Waals surface area contributed by atoms with Crippen molar-refractivity contribution in [3.8, 4) is 5.75 Å². The Hall–Kier alpha value is -1.02. The molecule has 1 aromatic carbocycles. The van der Waals surface area contributed by atoms with Gasteiger partial charge in [0.2, 0.25) is 0 Å². The quantitative estimate of drug-likeness (QED) is 0.806. The summed E-state index contributed by atoms with van der Waals surface area (Å²) in [7, 11) is 0. The lowest BCUT2D eigenvalue weighted by Crippen LogP contribution is -2.17. The molecule has 1 fully saturated rings. The Bertz CT molecular complexity index is 413. The Kier molecular flexibility index (Phi) is 2.83. The number of aryl methyl sites for hydroxylation is 1. The molecule has 2 heteroatoms. The molecule has 3 unspecified atom stereocenters. The number of para-hydroxylation sites is 1. The molecule has 3 atom stereocenters. The fourth-order valence-corrected chi connectivity index (χ4v) is 3.29. The summed E-state index contributed by atoms with van der Waals surface area (Å²) in [4.78, 5) is 0. The van der Waals surface area contributed by atoms with Crippen LogP contribution in [0.25, 0.3) is 0 Å². The first-order chi connectivity index (χ1) is 8.27. The van der Waals surface area contributed by atoms with Crippen LogP contribution in [0.4, 0.5) is 0 Å². The molecular formula is C15H20O2. The van der Waals surface area contributed by atoms with E-state index in [9.17, 15) is 5.11 Å². The third-order valence-corrected chi connectivity index (χ3v) is 4.38. The molecule has 1 aromatic rings. The molecule has 0 radical (unpaired) electrons. The van der Waals surface area contributed by atoms with Crippen LogP contribution in [0.2, 0.25) is 0 Å². The van der Waals surface area contributed by atoms with Gasteiger partial charge in [0.05, 0.1) is 12.7 Å². The highest BCUT2D eigenvalue weighted by molar-refractivity contribution is 5.45. The lowest BCUT2D eigenvalue weighted by molar-refractivity contribution is 0.136. The third kappa shape index (κ3) is 1.85. The predicted molar refractivity (Wildman–Crippen MR) is 67.4 cm³/mol. The highest BCUT2D eigenvalue weighted by atomic mass is 16.5. The maximum absolute atomic E-state index is 9.89. The minimum atomic E-state index is -0.139. The summed E-state index contributed by atoms with van der Waals surface area (Å²) in [5.41, 5.74) is 2.67. The Labute approximate surface area is 103 Å². The average molecular weight is 232 g/mol. The average Bonchev–Trinajstić information content (AvgIpc) is 2.69.